The highest BCUT2D eigenvalue weighted by Gasteiger charge is 2.46. The van der Waals surface area contributed by atoms with Gasteiger partial charge in [-0.2, -0.15) is 0 Å². The van der Waals surface area contributed by atoms with Gasteiger partial charge in [0, 0.05) is 12.0 Å². The van der Waals surface area contributed by atoms with E-state index in [1.165, 1.54) is 12.8 Å². The van der Waals surface area contributed by atoms with Gasteiger partial charge in [-0.3, -0.25) is 5.32 Å². The molecule has 1 spiro atoms. The normalized spacial score (nSPS) is 33.6. The number of hydrogen-bond acceptors (Lipinski definition) is 3. The zero-order valence-corrected chi connectivity index (χ0v) is 6.17. The summed E-state index contributed by atoms with van der Waals surface area (Å²) in [5, 5.41) is 11.4. The van der Waals surface area contributed by atoms with Crippen LogP contribution in [0.4, 0.5) is 0 Å². The average Bonchev–Trinajstić information content (AvgIpc) is 2.70. The topological polar surface area (TPSA) is 58.6 Å². The summed E-state index contributed by atoms with van der Waals surface area (Å²) >= 11 is 0. The van der Waals surface area contributed by atoms with Gasteiger partial charge < -0.3 is 9.84 Å². The zero-order chi connectivity index (χ0) is 7.90. The van der Waals surface area contributed by atoms with Crippen molar-refractivity contribution in [1.82, 2.24) is 5.32 Å². The molecule has 0 bridgehead atoms. The molecule has 62 valence electrons. The average molecular weight is 157 g/mol. The van der Waals surface area contributed by atoms with Crippen LogP contribution >= 0.6 is 0 Å². The molecule has 0 aromatic carbocycles. The molecule has 2 rings (SSSR count). The van der Waals surface area contributed by atoms with Gasteiger partial charge in [-0.1, -0.05) is 0 Å². The fraction of sp³-hybridized carbons (Fsp3) is 0.857. The number of nitrogens with one attached hydrogen (secondary N) is 1. The van der Waals surface area contributed by atoms with Crippen LogP contribution in [0.2, 0.25) is 0 Å². The Morgan fingerprint density at radius 3 is 2.73 bits per heavy atom. The molecule has 2 aliphatic rings. The number of rotatable bonds is 1. The maximum atomic E-state index is 10.4. The molecule has 4 heteroatoms. The lowest BCUT2D eigenvalue weighted by Gasteiger charge is -2.27. The fourth-order valence-corrected chi connectivity index (χ4v) is 1.34. The Morgan fingerprint density at radius 1 is 1.64 bits per heavy atom. The van der Waals surface area contributed by atoms with E-state index in [2.05, 4.69) is 5.32 Å². The Kier molecular flexibility index (Phi) is 1.40. The number of hydrogen-bond donors (Lipinski definition) is 2. The second kappa shape index (κ2) is 2.19. The maximum absolute atomic E-state index is 10.4. The van der Waals surface area contributed by atoms with Gasteiger partial charge in [0.2, 0.25) is 6.23 Å². The van der Waals surface area contributed by atoms with Crippen LogP contribution in [0.1, 0.15) is 12.8 Å². The van der Waals surface area contributed by atoms with Gasteiger partial charge >= 0.3 is 5.97 Å². The van der Waals surface area contributed by atoms with Crippen LogP contribution in [0.3, 0.4) is 0 Å². The summed E-state index contributed by atoms with van der Waals surface area (Å²) in [4.78, 5) is 10.4. The minimum absolute atomic E-state index is 0.298. The second-order valence-corrected chi connectivity index (χ2v) is 3.41. The third-order valence-corrected chi connectivity index (χ3v) is 2.40. The molecular formula is C7H11NO3. The molecule has 2 N–H and O–H groups in total. The highest BCUT2D eigenvalue weighted by Crippen LogP contribution is 2.46. The van der Waals surface area contributed by atoms with Crippen molar-refractivity contribution in [2.45, 2.75) is 19.1 Å². The first-order chi connectivity index (χ1) is 5.22. The van der Waals surface area contributed by atoms with Crippen molar-refractivity contribution in [2.24, 2.45) is 5.41 Å². The van der Waals surface area contributed by atoms with Crippen LogP contribution in [-0.4, -0.2) is 30.5 Å². The monoisotopic (exact) mass is 157 g/mol. The first-order valence-electron chi connectivity index (χ1n) is 3.80. The van der Waals surface area contributed by atoms with Crippen LogP contribution in [0.15, 0.2) is 0 Å². The van der Waals surface area contributed by atoms with Gasteiger partial charge in [0.15, 0.2) is 0 Å². The molecule has 1 atom stereocenters. The molecule has 1 saturated carbocycles. The predicted octanol–water partition coefficient (Wildman–Crippen LogP) is -0.203. The van der Waals surface area contributed by atoms with E-state index < -0.39 is 12.2 Å². The van der Waals surface area contributed by atoms with Crippen LogP contribution < -0.4 is 5.32 Å². The smallest absolute Gasteiger partial charge is 0.348 e. The molecule has 1 aliphatic heterocycles. The Morgan fingerprint density at radius 2 is 2.36 bits per heavy atom. The van der Waals surface area contributed by atoms with Gasteiger partial charge in [-0.25, -0.2) is 4.79 Å². The number of aliphatic carboxylic acids is 1. The van der Waals surface area contributed by atoms with Crippen molar-refractivity contribution in [3.05, 3.63) is 0 Å². The minimum atomic E-state index is -0.916. The van der Waals surface area contributed by atoms with Crippen molar-refractivity contribution in [3.63, 3.8) is 0 Å². The van der Waals surface area contributed by atoms with E-state index in [0.29, 0.717) is 12.0 Å². The third-order valence-electron chi connectivity index (χ3n) is 2.40. The van der Waals surface area contributed by atoms with Crippen LogP contribution in [-0.2, 0) is 9.53 Å². The first kappa shape index (κ1) is 7.06. The molecular weight excluding hydrogens is 146 g/mol. The molecule has 1 aliphatic carbocycles. The summed E-state index contributed by atoms with van der Waals surface area (Å²) in [7, 11) is 0. The summed E-state index contributed by atoms with van der Waals surface area (Å²) in [6.45, 7) is 1.40. The lowest BCUT2D eigenvalue weighted by Crippen LogP contribution is -2.48. The van der Waals surface area contributed by atoms with Crippen LogP contribution in [0, 0.1) is 5.41 Å². The van der Waals surface area contributed by atoms with Gasteiger partial charge in [0.1, 0.15) is 0 Å². The molecule has 11 heavy (non-hydrogen) atoms. The lowest BCUT2D eigenvalue weighted by molar-refractivity contribution is -0.158. The number of carboxylic acids is 1. The standard InChI is InChI=1S/C7H11NO3/c9-6(10)5-8-3-7(1-2-7)4-11-5/h5,8H,1-4H2,(H,9,10). The van der Waals surface area contributed by atoms with Crippen molar-refractivity contribution in [1.29, 1.82) is 0 Å². The largest absolute Gasteiger partial charge is 0.478 e. The zero-order valence-electron chi connectivity index (χ0n) is 6.17. The van der Waals surface area contributed by atoms with Gasteiger partial charge in [-0.05, 0) is 12.8 Å². The summed E-state index contributed by atoms with van der Waals surface area (Å²) < 4.78 is 5.11. The van der Waals surface area contributed by atoms with E-state index in [9.17, 15) is 4.79 Å². The molecule has 1 saturated heterocycles. The van der Waals surface area contributed by atoms with Gasteiger partial charge in [0.25, 0.3) is 0 Å². The Labute approximate surface area is 64.5 Å². The van der Waals surface area contributed by atoms with Gasteiger partial charge in [-0.15, -0.1) is 0 Å². The van der Waals surface area contributed by atoms with Crippen LogP contribution in [0.5, 0.6) is 0 Å². The molecule has 1 heterocycles. The summed E-state index contributed by atoms with van der Waals surface area (Å²) in [6, 6.07) is 0. The van der Waals surface area contributed by atoms with E-state index in [4.69, 9.17) is 9.84 Å². The van der Waals surface area contributed by atoms with Crippen molar-refractivity contribution < 1.29 is 14.6 Å². The Hall–Kier alpha value is -0.610. The fourth-order valence-electron chi connectivity index (χ4n) is 1.34. The molecule has 0 aromatic heterocycles. The molecule has 0 aromatic rings. The molecule has 4 nitrogen and oxygen atoms in total. The van der Waals surface area contributed by atoms with Crippen LogP contribution in [0.25, 0.3) is 0 Å². The summed E-state index contributed by atoms with van der Waals surface area (Å²) in [5.74, 6) is -0.916. The Balaban J connectivity index is 1.89. The van der Waals surface area contributed by atoms with E-state index >= 15 is 0 Å². The first-order valence-corrected chi connectivity index (χ1v) is 3.80. The van der Waals surface area contributed by atoms with Gasteiger partial charge in [0.05, 0.1) is 6.61 Å². The lowest BCUT2D eigenvalue weighted by atomic mass is 10.1. The molecule has 0 radical (unpaired) electrons. The highest BCUT2D eigenvalue weighted by molar-refractivity contribution is 5.71. The van der Waals surface area contributed by atoms with E-state index in [1.807, 2.05) is 0 Å². The van der Waals surface area contributed by atoms with E-state index in [-0.39, 0.29) is 0 Å². The summed E-state index contributed by atoms with van der Waals surface area (Å²) in [6.07, 6.45) is 1.57. The SMILES string of the molecule is O=C(O)C1NCC2(CC2)CO1. The predicted molar refractivity (Wildman–Crippen MR) is 37.0 cm³/mol. The molecule has 1 unspecified atom stereocenters. The van der Waals surface area contributed by atoms with Crippen molar-refractivity contribution in [3.8, 4) is 0 Å². The quantitative estimate of drug-likeness (QED) is 0.553. The molecule has 0 amide bonds. The Bertz CT molecular complexity index is 178. The second-order valence-electron chi connectivity index (χ2n) is 3.41. The minimum Gasteiger partial charge on any atom is -0.478 e. The van der Waals surface area contributed by atoms with E-state index in [1.54, 1.807) is 0 Å². The van der Waals surface area contributed by atoms with Crippen molar-refractivity contribution in [2.75, 3.05) is 13.2 Å². The third kappa shape index (κ3) is 1.23. The highest BCUT2D eigenvalue weighted by atomic mass is 16.5. The van der Waals surface area contributed by atoms with E-state index in [0.717, 1.165) is 6.54 Å². The molecule has 2 fully saturated rings. The number of carboxylic acid groups (broad SMARTS) is 1. The van der Waals surface area contributed by atoms with Crippen molar-refractivity contribution >= 4 is 5.97 Å². The maximum Gasteiger partial charge on any atom is 0.348 e. The summed E-state index contributed by atoms with van der Waals surface area (Å²) in [5.41, 5.74) is 0.298. The number of ether oxygens (including phenoxy) is 1. The number of carbonyl (C=O) groups is 1.